The van der Waals surface area contributed by atoms with E-state index in [1.165, 1.54) is 11.3 Å². The molecule has 378 valence electrons. The van der Waals surface area contributed by atoms with Crippen LogP contribution in [0.3, 0.4) is 0 Å². The number of methoxy groups -OCH3 is 2. The third kappa shape index (κ3) is 14.9. The first-order valence-corrected chi connectivity index (χ1v) is 24.6. The number of carbonyl (C=O) groups is 5. The Bertz CT molecular complexity index is 2780. The smallest absolute Gasteiger partial charge is 0.497 e. The summed E-state index contributed by atoms with van der Waals surface area (Å²) < 4.78 is 42.1. The van der Waals surface area contributed by atoms with Gasteiger partial charge in [0, 0.05) is 17.9 Å². The number of rotatable bonds is 15. The monoisotopic (exact) mass is 1080 g/mol. The van der Waals surface area contributed by atoms with E-state index < -0.39 is 42.0 Å². The Hall–Kier alpha value is -6.27. The highest BCUT2D eigenvalue weighted by atomic mass is 79.9. The Morgan fingerprint density at radius 3 is 1.69 bits per heavy atom. The summed E-state index contributed by atoms with van der Waals surface area (Å²) in [4.78, 5) is 68.4. The summed E-state index contributed by atoms with van der Waals surface area (Å²) in [7, 11) is 2.53. The molecule has 1 aliphatic rings. The van der Waals surface area contributed by atoms with Crippen LogP contribution in [0.2, 0.25) is 0 Å². The number of thiazole rings is 2. The van der Waals surface area contributed by atoms with Gasteiger partial charge in [-0.2, -0.15) is 10.2 Å². The van der Waals surface area contributed by atoms with Gasteiger partial charge in [-0.1, -0.05) is 35.6 Å². The minimum Gasteiger partial charge on any atom is -0.497 e. The summed E-state index contributed by atoms with van der Waals surface area (Å²) in [5, 5.41) is 12.4. The summed E-state index contributed by atoms with van der Waals surface area (Å²) in [6, 6.07) is 15.1. The molecule has 1 N–H and O–H groups in total. The maximum Gasteiger partial charge on any atom is 0.498 e. The molecule has 0 saturated carbocycles. The van der Waals surface area contributed by atoms with Gasteiger partial charge < -0.3 is 33.0 Å². The Balaban J connectivity index is 0.000000227. The van der Waals surface area contributed by atoms with Gasteiger partial charge in [0.15, 0.2) is 29.1 Å². The average Bonchev–Trinajstić information content (AvgIpc) is 4.13. The van der Waals surface area contributed by atoms with Gasteiger partial charge in [0.05, 0.1) is 72.9 Å². The van der Waals surface area contributed by atoms with Crippen molar-refractivity contribution < 1.29 is 57.0 Å². The van der Waals surface area contributed by atoms with Crippen molar-refractivity contribution in [2.24, 2.45) is 0 Å². The molecule has 7 rings (SSSR count). The zero-order chi connectivity index (χ0) is 52.3. The number of aldehydes is 2. The van der Waals surface area contributed by atoms with Crippen LogP contribution in [-0.2, 0) is 36.6 Å². The first kappa shape index (κ1) is 55.7. The lowest BCUT2D eigenvalue weighted by Gasteiger charge is -2.32. The van der Waals surface area contributed by atoms with E-state index in [-0.39, 0.29) is 40.3 Å². The SMILES string of the molecule is CCOC(=O)c1nn(Cc2ccc(OC)cc2)cc1-c1nc(NC(=O)OC(C)(C)C)sc1C=O.CCOC(=O)c1nn(Cc2ccc(OC)cc2)cc1B1OC(C)(C)C(C)(C)O1.Cc1nc(Br)c(C=O)s1. The molecule has 0 unspecified atom stereocenters. The van der Waals surface area contributed by atoms with Gasteiger partial charge in [-0.05, 0) is 121 Å². The van der Waals surface area contributed by atoms with Crippen molar-refractivity contribution in [2.75, 3.05) is 32.8 Å². The molecule has 1 saturated heterocycles. The second kappa shape index (κ2) is 24.2. The van der Waals surface area contributed by atoms with E-state index >= 15 is 0 Å². The number of nitrogens with zero attached hydrogens (tertiary/aromatic N) is 6. The maximum atomic E-state index is 12.6. The highest BCUT2D eigenvalue weighted by Gasteiger charge is 2.53. The number of halogens is 1. The number of amides is 1. The molecular formula is C48H57BBrN7O12S2. The molecule has 23 heteroatoms. The van der Waals surface area contributed by atoms with Crippen LogP contribution < -0.4 is 20.3 Å². The molecule has 5 heterocycles. The predicted octanol–water partition coefficient (Wildman–Crippen LogP) is 8.84. The van der Waals surface area contributed by atoms with Gasteiger partial charge >= 0.3 is 25.2 Å². The van der Waals surface area contributed by atoms with Gasteiger partial charge in [-0.15, -0.1) is 11.3 Å². The quantitative estimate of drug-likeness (QED) is 0.0439. The van der Waals surface area contributed by atoms with Gasteiger partial charge in [0.25, 0.3) is 0 Å². The molecule has 0 atom stereocenters. The number of benzene rings is 2. The van der Waals surface area contributed by atoms with E-state index in [1.54, 1.807) is 70.6 Å². The molecule has 2 aromatic carbocycles. The lowest BCUT2D eigenvalue weighted by atomic mass is 9.79. The molecule has 1 amide bonds. The van der Waals surface area contributed by atoms with Crippen molar-refractivity contribution in [2.45, 2.75) is 99.1 Å². The van der Waals surface area contributed by atoms with E-state index in [1.807, 2.05) is 83.1 Å². The number of ether oxygens (including phenoxy) is 5. The van der Waals surface area contributed by atoms with Gasteiger partial charge in [0.1, 0.15) is 26.6 Å². The van der Waals surface area contributed by atoms with Gasteiger partial charge in [0.2, 0.25) is 0 Å². The first-order valence-electron chi connectivity index (χ1n) is 22.2. The number of hydrogen-bond donors (Lipinski definition) is 1. The first-order chi connectivity index (χ1) is 33.5. The standard InChI is InChI=1S/C23H26N4O6S.C20H27BN2O5.C5H4BrNOS/c1-6-32-20(29)19-16(12-27(26-19)11-14-7-9-15(31-5)10-8-14)18-17(13-28)34-21(24-18)25-22(30)33-23(2,3)4;1-7-26-18(24)17-16(21-27-19(2,3)20(4,5)28-21)13-23(22-17)12-14-8-10-15(25-6)11-9-14;1-3-7-5(6)4(2-8)9-3/h7-10,12-13H,6,11H2,1-5H3,(H,24,25,30);8-11,13H,7,12H2,1-6H3;2H,1H3. The number of nitrogens with one attached hydrogen (secondary N) is 1. The fraction of sp³-hybridized carbons (Fsp3) is 0.396. The molecule has 4 aromatic heterocycles. The van der Waals surface area contributed by atoms with Crippen molar-refractivity contribution in [3.8, 4) is 22.8 Å². The largest absolute Gasteiger partial charge is 0.498 e. The average molecular weight is 1080 g/mol. The minimum atomic E-state index is -0.703. The van der Waals surface area contributed by atoms with Crippen molar-refractivity contribution in [3.05, 3.63) is 103 Å². The van der Waals surface area contributed by atoms with E-state index in [9.17, 15) is 24.0 Å². The zero-order valence-corrected chi connectivity index (χ0v) is 44.8. The van der Waals surface area contributed by atoms with Crippen LogP contribution in [-0.4, -0.2) is 111 Å². The number of aromatic nitrogens is 6. The van der Waals surface area contributed by atoms with Crippen molar-refractivity contribution in [1.82, 2.24) is 29.5 Å². The predicted molar refractivity (Wildman–Crippen MR) is 273 cm³/mol. The third-order valence-corrected chi connectivity index (χ3v) is 13.1. The molecule has 0 radical (unpaired) electrons. The molecule has 0 spiro atoms. The van der Waals surface area contributed by atoms with Crippen molar-refractivity contribution in [3.63, 3.8) is 0 Å². The highest BCUT2D eigenvalue weighted by Crippen LogP contribution is 2.37. The van der Waals surface area contributed by atoms with Crippen LogP contribution in [0.4, 0.5) is 9.93 Å². The molecule has 19 nitrogen and oxygen atoms in total. The maximum absolute atomic E-state index is 12.6. The molecule has 0 bridgehead atoms. The molecule has 1 fully saturated rings. The van der Waals surface area contributed by atoms with Crippen LogP contribution in [0.25, 0.3) is 11.3 Å². The number of anilines is 1. The second-order valence-electron chi connectivity index (χ2n) is 17.4. The lowest BCUT2D eigenvalue weighted by Crippen LogP contribution is -2.41. The van der Waals surface area contributed by atoms with Crippen molar-refractivity contribution >= 4 is 86.9 Å². The van der Waals surface area contributed by atoms with Gasteiger partial charge in [-0.25, -0.2) is 24.4 Å². The molecule has 1 aliphatic heterocycles. The van der Waals surface area contributed by atoms with Crippen LogP contribution >= 0.6 is 38.6 Å². The summed E-state index contributed by atoms with van der Waals surface area (Å²) in [5.41, 5.74) is 1.58. The number of carbonyl (C=O) groups excluding carboxylic acids is 5. The summed E-state index contributed by atoms with van der Waals surface area (Å²) in [6.45, 7) is 19.7. The van der Waals surface area contributed by atoms with Crippen LogP contribution in [0.5, 0.6) is 11.5 Å². The van der Waals surface area contributed by atoms with Crippen molar-refractivity contribution in [1.29, 1.82) is 0 Å². The molecule has 71 heavy (non-hydrogen) atoms. The van der Waals surface area contributed by atoms with Crippen LogP contribution in [0, 0.1) is 6.92 Å². The summed E-state index contributed by atoms with van der Waals surface area (Å²) in [5.74, 6) is 0.382. The van der Waals surface area contributed by atoms with Gasteiger partial charge in [-0.3, -0.25) is 24.3 Å². The molecule has 6 aromatic rings. The Morgan fingerprint density at radius 1 is 0.761 bits per heavy atom. The zero-order valence-electron chi connectivity index (χ0n) is 41.6. The second-order valence-corrected chi connectivity index (χ2v) is 20.4. The topological polar surface area (TPSA) is 223 Å². The number of esters is 2. The minimum absolute atomic E-state index is 0.0209. The third-order valence-electron chi connectivity index (χ3n) is 10.5. The Morgan fingerprint density at radius 2 is 1.25 bits per heavy atom. The highest BCUT2D eigenvalue weighted by molar-refractivity contribution is 9.10. The number of aryl methyl sites for hydroxylation is 1. The van der Waals surface area contributed by atoms with Crippen LogP contribution in [0.1, 0.15) is 119 Å². The molecular weight excluding hydrogens is 1020 g/mol. The lowest BCUT2D eigenvalue weighted by molar-refractivity contribution is 0.00578. The fourth-order valence-corrected chi connectivity index (χ4v) is 8.55. The van der Waals surface area contributed by atoms with E-state index in [2.05, 4.69) is 41.4 Å². The van der Waals surface area contributed by atoms with E-state index in [0.717, 1.165) is 45.3 Å². The van der Waals surface area contributed by atoms with E-state index in [4.69, 9.17) is 33.0 Å². The van der Waals surface area contributed by atoms with Crippen LogP contribution in [0.15, 0.2) is 65.5 Å². The summed E-state index contributed by atoms with van der Waals surface area (Å²) >= 11 is 5.50. The van der Waals surface area contributed by atoms with E-state index in [0.29, 0.717) is 39.9 Å². The fourth-order valence-electron chi connectivity index (χ4n) is 6.42. The normalized spacial score (nSPS) is 13.5. The summed E-state index contributed by atoms with van der Waals surface area (Å²) in [6.07, 6.45) is 4.12. The molecule has 0 aliphatic carbocycles. The Kier molecular flexibility index (Phi) is 19.0. The number of hydrogen-bond acceptors (Lipinski definition) is 18. The Labute approximate surface area is 428 Å².